The van der Waals surface area contributed by atoms with Crippen LogP contribution in [-0.2, 0) is 0 Å². The lowest BCUT2D eigenvalue weighted by Crippen LogP contribution is -2.33. The number of halogens is 1. The zero-order valence-corrected chi connectivity index (χ0v) is 14.6. The highest BCUT2D eigenvalue weighted by molar-refractivity contribution is 9.10. The number of hydrogen-bond donors (Lipinski definition) is 1. The van der Waals surface area contributed by atoms with Crippen molar-refractivity contribution in [3.63, 3.8) is 0 Å². The number of aryl methyl sites for hydroxylation is 2. The van der Waals surface area contributed by atoms with Crippen LogP contribution in [0.1, 0.15) is 28.3 Å². The van der Waals surface area contributed by atoms with E-state index in [1.807, 2.05) is 11.3 Å². The number of benzene rings is 1. The Labute approximate surface area is 133 Å². The van der Waals surface area contributed by atoms with Gasteiger partial charge in [-0.25, -0.2) is 0 Å². The molecule has 2 N–H and O–H groups in total. The lowest BCUT2D eigenvalue weighted by Gasteiger charge is -2.31. The fraction of sp³-hybridized carbons (Fsp3) is 0.375. The van der Waals surface area contributed by atoms with Crippen molar-refractivity contribution in [3.8, 4) is 0 Å². The summed E-state index contributed by atoms with van der Waals surface area (Å²) in [5.74, 6) is 0. The summed E-state index contributed by atoms with van der Waals surface area (Å²) in [6.07, 6.45) is 0. The first-order valence-corrected chi connectivity index (χ1v) is 8.47. The topological polar surface area (TPSA) is 29.3 Å². The average Bonchev–Trinajstić information content (AvgIpc) is 2.75. The van der Waals surface area contributed by atoms with Crippen LogP contribution >= 0.6 is 27.3 Å². The Morgan fingerprint density at radius 3 is 2.55 bits per heavy atom. The van der Waals surface area contributed by atoms with Crippen molar-refractivity contribution in [2.45, 2.75) is 26.8 Å². The first-order valence-electron chi connectivity index (χ1n) is 6.86. The molecule has 1 heterocycles. The summed E-state index contributed by atoms with van der Waals surface area (Å²) < 4.78 is 1.18. The van der Waals surface area contributed by atoms with E-state index in [4.69, 9.17) is 5.73 Å². The van der Waals surface area contributed by atoms with E-state index in [0.29, 0.717) is 6.54 Å². The van der Waals surface area contributed by atoms with Crippen molar-refractivity contribution in [1.82, 2.24) is 0 Å². The van der Waals surface area contributed by atoms with Gasteiger partial charge in [-0.3, -0.25) is 0 Å². The molecular weight excluding hydrogens is 332 g/mol. The van der Waals surface area contributed by atoms with E-state index in [9.17, 15) is 0 Å². The van der Waals surface area contributed by atoms with Crippen molar-refractivity contribution < 1.29 is 0 Å². The molecule has 0 amide bonds. The van der Waals surface area contributed by atoms with Gasteiger partial charge in [0.05, 0.1) is 6.04 Å². The number of nitrogens with zero attached hydrogens (tertiary/aromatic N) is 1. The minimum Gasteiger partial charge on any atom is -0.363 e. The molecule has 1 atom stereocenters. The summed E-state index contributed by atoms with van der Waals surface area (Å²) in [5, 5.41) is 0. The number of likely N-dealkylation sites (N-methyl/N-ethyl adjacent to an activating group) is 1. The molecule has 1 unspecified atom stereocenters. The zero-order chi connectivity index (χ0) is 14.7. The van der Waals surface area contributed by atoms with Crippen LogP contribution < -0.4 is 10.6 Å². The van der Waals surface area contributed by atoms with Crippen LogP contribution in [0.2, 0.25) is 0 Å². The molecule has 0 spiro atoms. The van der Waals surface area contributed by atoms with Crippen LogP contribution in [0.3, 0.4) is 0 Å². The molecule has 0 saturated carbocycles. The van der Waals surface area contributed by atoms with E-state index in [-0.39, 0.29) is 6.04 Å². The van der Waals surface area contributed by atoms with Crippen LogP contribution in [0.4, 0.5) is 5.69 Å². The summed E-state index contributed by atoms with van der Waals surface area (Å²) in [6.45, 7) is 8.00. The van der Waals surface area contributed by atoms with Gasteiger partial charge in [0.25, 0.3) is 0 Å². The largest absolute Gasteiger partial charge is 0.363 e. The highest BCUT2D eigenvalue weighted by Crippen LogP contribution is 2.35. The van der Waals surface area contributed by atoms with Crippen molar-refractivity contribution in [3.05, 3.63) is 50.1 Å². The fourth-order valence-corrected chi connectivity index (χ4v) is 4.12. The Kier molecular flexibility index (Phi) is 5.24. The number of hydrogen-bond acceptors (Lipinski definition) is 3. The second-order valence-electron chi connectivity index (χ2n) is 4.93. The van der Waals surface area contributed by atoms with E-state index in [1.54, 1.807) is 0 Å². The maximum atomic E-state index is 6.07. The molecule has 0 aliphatic rings. The number of anilines is 1. The van der Waals surface area contributed by atoms with E-state index in [0.717, 1.165) is 6.54 Å². The molecule has 0 fully saturated rings. The molecule has 2 nitrogen and oxygen atoms in total. The lowest BCUT2D eigenvalue weighted by atomic mass is 10.1. The molecule has 1 aromatic carbocycles. The SMILES string of the molecule is CCN(c1cccc(C)c1)C(CN)c1cc(Br)c(C)s1. The average molecular weight is 353 g/mol. The van der Waals surface area contributed by atoms with Gasteiger partial charge in [0.1, 0.15) is 0 Å². The van der Waals surface area contributed by atoms with E-state index >= 15 is 0 Å². The Morgan fingerprint density at radius 1 is 1.30 bits per heavy atom. The third-order valence-electron chi connectivity index (χ3n) is 3.48. The Bertz CT molecular complexity index is 560. The van der Waals surface area contributed by atoms with Crippen molar-refractivity contribution in [1.29, 1.82) is 0 Å². The van der Waals surface area contributed by atoms with Gasteiger partial charge in [-0.05, 0) is 60.5 Å². The van der Waals surface area contributed by atoms with Gasteiger partial charge in [0, 0.05) is 33.0 Å². The predicted octanol–water partition coefficient (Wildman–Crippen LogP) is 4.65. The Hall–Kier alpha value is -0.840. The van der Waals surface area contributed by atoms with Crippen molar-refractivity contribution >= 4 is 33.0 Å². The molecule has 20 heavy (non-hydrogen) atoms. The first kappa shape index (κ1) is 15.5. The maximum Gasteiger partial charge on any atom is 0.0757 e. The van der Waals surface area contributed by atoms with Gasteiger partial charge >= 0.3 is 0 Å². The van der Waals surface area contributed by atoms with E-state index in [2.05, 4.69) is 71.9 Å². The van der Waals surface area contributed by atoms with Crippen LogP contribution in [0.15, 0.2) is 34.8 Å². The molecule has 0 saturated heterocycles. The summed E-state index contributed by atoms with van der Waals surface area (Å²) >= 11 is 5.42. The van der Waals surface area contributed by atoms with Crippen LogP contribution in [0.5, 0.6) is 0 Å². The molecule has 0 radical (unpaired) electrons. The maximum absolute atomic E-state index is 6.07. The third-order valence-corrected chi connectivity index (χ3v) is 5.72. The van der Waals surface area contributed by atoms with Crippen LogP contribution in [0, 0.1) is 13.8 Å². The molecule has 0 aliphatic carbocycles. The van der Waals surface area contributed by atoms with Gasteiger partial charge in [-0.1, -0.05) is 12.1 Å². The van der Waals surface area contributed by atoms with Crippen molar-refractivity contribution in [2.75, 3.05) is 18.0 Å². The zero-order valence-electron chi connectivity index (χ0n) is 12.2. The highest BCUT2D eigenvalue weighted by atomic mass is 79.9. The standard InChI is InChI=1S/C16H21BrN2S/c1-4-19(13-7-5-6-11(2)8-13)15(10-18)16-9-14(17)12(3)20-16/h5-9,15H,4,10,18H2,1-3H3. The first-order chi connectivity index (χ1) is 9.56. The lowest BCUT2D eigenvalue weighted by molar-refractivity contribution is 0.653. The molecule has 2 rings (SSSR count). The second-order valence-corrected chi connectivity index (χ2v) is 7.07. The molecule has 1 aromatic heterocycles. The number of nitrogens with two attached hydrogens (primary N) is 1. The molecular formula is C16H21BrN2S. The van der Waals surface area contributed by atoms with Gasteiger partial charge in [-0.15, -0.1) is 11.3 Å². The molecule has 4 heteroatoms. The van der Waals surface area contributed by atoms with Gasteiger partial charge < -0.3 is 10.6 Å². The molecule has 2 aromatic rings. The van der Waals surface area contributed by atoms with E-state index in [1.165, 1.54) is 25.5 Å². The van der Waals surface area contributed by atoms with Gasteiger partial charge in [0.2, 0.25) is 0 Å². The Balaban J connectivity index is 2.37. The fourth-order valence-electron chi connectivity index (χ4n) is 2.43. The van der Waals surface area contributed by atoms with E-state index < -0.39 is 0 Å². The monoisotopic (exact) mass is 352 g/mol. The minimum atomic E-state index is 0.233. The molecule has 0 aliphatic heterocycles. The van der Waals surface area contributed by atoms with Crippen LogP contribution in [0.25, 0.3) is 0 Å². The second kappa shape index (κ2) is 6.74. The normalized spacial score (nSPS) is 12.4. The summed E-state index contributed by atoms with van der Waals surface area (Å²) in [4.78, 5) is 5.00. The summed E-state index contributed by atoms with van der Waals surface area (Å²) in [5.41, 5.74) is 8.58. The minimum absolute atomic E-state index is 0.233. The smallest absolute Gasteiger partial charge is 0.0757 e. The number of thiophene rings is 1. The predicted molar refractivity (Wildman–Crippen MR) is 92.8 cm³/mol. The summed E-state index contributed by atoms with van der Waals surface area (Å²) in [7, 11) is 0. The Morgan fingerprint density at radius 2 is 2.05 bits per heavy atom. The van der Waals surface area contributed by atoms with Crippen LogP contribution in [-0.4, -0.2) is 13.1 Å². The quantitative estimate of drug-likeness (QED) is 0.848. The molecule has 0 bridgehead atoms. The van der Waals surface area contributed by atoms with Crippen molar-refractivity contribution in [2.24, 2.45) is 5.73 Å². The highest BCUT2D eigenvalue weighted by Gasteiger charge is 2.21. The molecule has 108 valence electrons. The summed E-state index contributed by atoms with van der Waals surface area (Å²) in [6, 6.07) is 11.1. The number of rotatable bonds is 5. The van der Waals surface area contributed by atoms with Gasteiger partial charge in [-0.2, -0.15) is 0 Å². The van der Waals surface area contributed by atoms with Gasteiger partial charge in [0.15, 0.2) is 0 Å². The third kappa shape index (κ3) is 3.25.